The van der Waals surface area contributed by atoms with Gasteiger partial charge in [-0.05, 0) is 35.9 Å². The minimum atomic E-state index is -0.229. The summed E-state index contributed by atoms with van der Waals surface area (Å²) in [4.78, 5) is 16.5. The summed E-state index contributed by atoms with van der Waals surface area (Å²) in [7, 11) is 1.87. The van der Waals surface area contributed by atoms with Crippen LogP contribution in [-0.2, 0) is 13.6 Å². The van der Waals surface area contributed by atoms with E-state index in [-0.39, 0.29) is 5.91 Å². The molecule has 0 saturated heterocycles. The number of aromatic nitrogens is 3. The van der Waals surface area contributed by atoms with Crippen LogP contribution in [0.25, 0.3) is 11.3 Å². The van der Waals surface area contributed by atoms with Crippen LogP contribution in [0.15, 0.2) is 53.4 Å². The third-order valence-corrected chi connectivity index (χ3v) is 4.36. The fourth-order valence-corrected chi connectivity index (χ4v) is 2.89. The number of pyridine rings is 1. The normalized spacial score (nSPS) is 10.6. The van der Waals surface area contributed by atoms with Gasteiger partial charge in [-0.3, -0.25) is 14.5 Å². The third-order valence-electron chi connectivity index (χ3n) is 3.54. The van der Waals surface area contributed by atoms with Crippen molar-refractivity contribution >= 4 is 33.4 Å². The predicted octanol–water partition coefficient (Wildman–Crippen LogP) is 3.83. The zero-order chi connectivity index (χ0) is 17.1. The molecular formula is C17H14BrClN4O. The van der Waals surface area contributed by atoms with Crippen molar-refractivity contribution in [1.82, 2.24) is 20.1 Å². The van der Waals surface area contributed by atoms with E-state index in [0.717, 1.165) is 21.3 Å². The lowest BCUT2D eigenvalue weighted by molar-refractivity contribution is 0.0951. The summed E-state index contributed by atoms with van der Waals surface area (Å²) < 4.78 is 2.58. The molecule has 2 aromatic heterocycles. The van der Waals surface area contributed by atoms with Crippen molar-refractivity contribution in [2.75, 3.05) is 0 Å². The van der Waals surface area contributed by atoms with Crippen LogP contribution in [0.5, 0.6) is 0 Å². The standard InChI is InChI=1S/C17H14BrClN4O/c1-23-16(4-5-22-23)12-6-11(8-20-10-12)9-21-17(24)14-7-13(18)2-3-15(14)19/h2-8,10H,9H2,1H3,(H,21,24). The number of nitrogens with zero attached hydrogens (tertiary/aromatic N) is 3. The highest BCUT2D eigenvalue weighted by molar-refractivity contribution is 9.10. The van der Waals surface area contributed by atoms with Crippen molar-refractivity contribution in [3.8, 4) is 11.3 Å². The number of nitrogens with one attached hydrogen (secondary N) is 1. The maximum atomic E-state index is 12.3. The molecule has 7 heteroatoms. The van der Waals surface area contributed by atoms with Crippen LogP contribution >= 0.6 is 27.5 Å². The molecule has 5 nitrogen and oxygen atoms in total. The topological polar surface area (TPSA) is 59.8 Å². The molecule has 24 heavy (non-hydrogen) atoms. The van der Waals surface area contributed by atoms with Crippen LogP contribution in [-0.4, -0.2) is 20.7 Å². The van der Waals surface area contributed by atoms with Crippen molar-refractivity contribution in [2.24, 2.45) is 7.05 Å². The second-order valence-corrected chi connectivity index (χ2v) is 6.55. The molecule has 0 unspecified atom stereocenters. The van der Waals surface area contributed by atoms with Gasteiger partial charge in [-0.1, -0.05) is 27.5 Å². The fraction of sp³-hybridized carbons (Fsp3) is 0.118. The van der Waals surface area contributed by atoms with E-state index in [0.29, 0.717) is 17.1 Å². The Hall–Kier alpha value is -2.18. The Balaban J connectivity index is 1.74. The number of benzene rings is 1. The Labute approximate surface area is 152 Å². The number of hydrogen-bond acceptors (Lipinski definition) is 3. The average molecular weight is 406 g/mol. The molecule has 0 aliphatic rings. The Morgan fingerprint density at radius 2 is 2.12 bits per heavy atom. The molecule has 0 atom stereocenters. The van der Waals surface area contributed by atoms with E-state index in [1.807, 2.05) is 19.2 Å². The van der Waals surface area contributed by atoms with Crippen LogP contribution in [0.1, 0.15) is 15.9 Å². The van der Waals surface area contributed by atoms with Gasteiger partial charge in [-0.15, -0.1) is 0 Å². The molecule has 0 bridgehead atoms. The lowest BCUT2D eigenvalue weighted by atomic mass is 10.1. The van der Waals surface area contributed by atoms with Gasteiger partial charge >= 0.3 is 0 Å². The lowest BCUT2D eigenvalue weighted by Crippen LogP contribution is -2.23. The maximum absolute atomic E-state index is 12.3. The van der Waals surface area contributed by atoms with Gasteiger partial charge in [-0.2, -0.15) is 5.10 Å². The van der Waals surface area contributed by atoms with Gasteiger partial charge in [0.25, 0.3) is 5.91 Å². The van der Waals surface area contributed by atoms with Gasteiger partial charge in [0, 0.05) is 42.2 Å². The molecule has 0 spiro atoms. The van der Waals surface area contributed by atoms with Gasteiger partial charge in [0.05, 0.1) is 16.3 Å². The summed E-state index contributed by atoms with van der Waals surface area (Å²) in [6.07, 6.45) is 5.23. The SMILES string of the molecule is Cn1nccc1-c1cncc(CNC(=O)c2cc(Br)ccc2Cl)c1. The molecular weight excluding hydrogens is 392 g/mol. The second kappa shape index (κ2) is 7.15. The van der Waals surface area contributed by atoms with Crippen LogP contribution in [0, 0.1) is 0 Å². The Bertz CT molecular complexity index is 894. The van der Waals surface area contributed by atoms with E-state index in [1.165, 1.54) is 0 Å². The molecule has 1 aromatic carbocycles. The smallest absolute Gasteiger partial charge is 0.253 e. The highest BCUT2D eigenvalue weighted by atomic mass is 79.9. The monoisotopic (exact) mass is 404 g/mol. The van der Waals surface area contributed by atoms with E-state index in [9.17, 15) is 4.79 Å². The van der Waals surface area contributed by atoms with E-state index in [2.05, 4.69) is 31.3 Å². The Kier molecular flexibility index (Phi) is 4.97. The quantitative estimate of drug-likeness (QED) is 0.717. The third kappa shape index (κ3) is 3.66. The molecule has 122 valence electrons. The van der Waals surface area contributed by atoms with E-state index < -0.39 is 0 Å². The Morgan fingerprint density at radius 3 is 2.88 bits per heavy atom. The molecule has 1 amide bonds. The first-order valence-corrected chi connectivity index (χ1v) is 8.37. The minimum absolute atomic E-state index is 0.229. The van der Waals surface area contributed by atoms with Crippen LogP contribution in [0.4, 0.5) is 0 Å². The van der Waals surface area contributed by atoms with Gasteiger partial charge in [0.15, 0.2) is 0 Å². The summed E-state index contributed by atoms with van der Waals surface area (Å²) in [6, 6.07) is 9.07. The molecule has 2 heterocycles. The van der Waals surface area contributed by atoms with Gasteiger partial charge in [-0.25, -0.2) is 0 Å². The molecule has 1 N–H and O–H groups in total. The highest BCUT2D eigenvalue weighted by Gasteiger charge is 2.11. The number of carbonyl (C=O) groups excluding carboxylic acids is 1. The molecule has 0 saturated carbocycles. The molecule has 0 radical (unpaired) electrons. The maximum Gasteiger partial charge on any atom is 0.253 e. The number of halogens is 2. The summed E-state index contributed by atoms with van der Waals surface area (Å²) >= 11 is 9.42. The summed E-state index contributed by atoms with van der Waals surface area (Å²) in [6.45, 7) is 0.361. The molecule has 0 aliphatic heterocycles. The first-order valence-electron chi connectivity index (χ1n) is 7.20. The van der Waals surface area contributed by atoms with Crippen LogP contribution in [0.3, 0.4) is 0 Å². The fourth-order valence-electron chi connectivity index (χ4n) is 2.33. The van der Waals surface area contributed by atoms with Crippen molar-refractivity contribution < 1.29 is 4.79 Å². The summed E-state index contributed by atoms with van der Waals surface area (Å²) in [5, 5.41) is 7.43. The minimum Gasteiger partial charge on any atom is -0.348 e. The summed E-state index contributed by atoms with van der Waals surface area (Å²) in [5.74, 6) is -0.229. The number of aryl methyl sites for hydroxylation is 1. The zero-order valence-electron chi connectivity index (χ0n) is 12.8. The highest BCUT2D eigenvalue weighted by Crippen LogP contribution is 2.21. The Morgan fingerprint density at radius 1 is 1.29 bits per heavy atom. The van der Waals surface area contributed by atoms with E-state index in [4.69, 9.17) is 11.6 Å². The lowest BCUT2D eigenvalue weighted by Gasteiger charge is -2.09. The van der Waals surface area contributed by atoms with Crippen molar-refractivity contribution in [3.05, 3.63) is 69.5 Å². The first kappa shape index (κ1) is 16.7. The molecule has 3 rings (SSSR count). The van der Waals surface area contributed by atoms with E-state index in [1.54, 1.807) is 41.5 Å². The van der Waals surface area contributed by atoms with Crippen molar-refractivity contribution in [3.63, 3.8) is 0 Å². The number of carbonyl (C=O) groups is 1. The molecule has 0 fully saturated rings. The van der Waals surface area contributed by atoms with Crippen LogP contribution in [0.2, 0.25) is 5.02 Å². The van der Waals surface area contributed by atoms with Crippen molar-refractivity contribution in [2.45, 2.75) is 6.54 Å². The number of hydrogen-bond donors (Lipinski definition) is 1. The summed E-state index contributed by atoms with van der Waals surface area (Å²) in [5.41, 5.74) is 3.24. The van der Waals surface area contributed by atoms with Crippen LogP contribution < -0.4 is 5.32 Å². The first-order chi connectivity index (χ1) is 11.5. The molecule has 3 aromatic rings. The molecule has 0 aliphatic carbocycles. The van der Waals surface area contributed by atoms with Gasteiger partial charge < -0.3 is 5.32 Å². The predicted molar refractivity (Wildman–Crippen MR) is 96.8 cm³/mol. The van der Waals surface area contributed by atoms with Gasteiger partial charge in [0.1, 0.15) is 0 Å². The van der Waals surface area contributed by atoms with Crippen molar-refractivity contribution in [1.29, 1.82) is 0 Å². The largest absolute Gasteiger partial charge is 0.348 e. The zero-order valence-corrected chi connectivity index (χ0v) is 15.2. The average Bonchev–Trinajstić information content (AvgIpc) is 3.01. The second-order valence-electron chi connectivity index (χ2n) is 5.23. The number of rotatable bonds is 4. The van der Waals surface area contributed by atoms with E-state index >= 15 is 0 Å². The van der Waals surface area contributed by atoms with Gasteiger partial charge in [0.2, 0.25) is 0 Å². The number of amides is 1.